The molecular weight excluding hydrogens is 388 g/mol. The Bertz CT molecular complexity index is 1130. The molecule has 0 aliphatic heterocycles. The van der Waals surface area contributed by atoms with Crippen LogP contribution in [0.15, 0.2) is 79.1 Å². The van der Waals surface area contributed by atoms with Crippen LogP contribution in [0.25, 0.3) is 11.0 Å². The summed E-state index contributed by atoms with van der Waals surface area (Å²) in [5, 5.41) is 3.06. The maximum atomic E-state index is 12.6. The average molecular weight is 415 g/mol. The van der Waals surface area contributed by atoms with Gasteiger partial charge >= 0.3 is 0 Å². The summed E-state index contributed by atoms with van der Waals surface area (Å²) >= 11 is 0. The van der Waals surface area contributed by atoms with Crippen molar-refractivity contribution in [2.75, 3.05) is 6.61 Å². The summed E-state index contributed by atoms with van der Waals surface area (Å²) in [6.07, 6.45) is 5.11. The fraction of sp³-hybridized carbons (Fsp3) is 0.240. The van der Waals surface area contributed by atoms with Crippen LogP contribution in [0.1, 0.15) is 42.0 Å². The summed E-state index contributed by atoms with van der Waals surface area (Å²) in [7, 11) is 0. The van der Waals surface area contributed by atoms with E-state index in [2.05, 4.69) is 20.9 Å². The zero-order valence-corrected chi connectivity index (χ0v) is 17.6. The van der Waals surface area contributed by atoms with Crippen LogP contribution in [0.4, 0.5) is 0 Å². The molecule has 0 saturated carbocycles. The highest BCUT2D eigenvalue weighted by Crippen LogP contribution is 2.22. The molecule has 0 spiro atoms. The van der Waals surface area contributed by atoms with E-state index in [9.17, 15) is 4.79 Å². The van der Waals surface area contributed by atoms with Crippen LogP contribution in [-0.4, -0.2) is 27.0 Å². The first kappa shape index (κ1) is 20.6. The highest BCUT2D eigenvalue weighted by atomic mass is 16.5. The zero-order valence-electron chi connectivity index (χ0n) is 17.6. The molecule has 6 nitrogen and oxygen atoms in total. The van der Waals surface area contributed by atoms with Gasteiger partial charge in [0.15, 0.2) is 0 Å². The maximum Gasteiger partial charge on any atom is 0.251 e. The van der Waals surface area contributed by atoms with Crippen molar-refractivity contribution in [1.29, 1.82) is 0 Å². The number of aryl methyl sites for hydroxylation is 1. The number of pyridine rings is 1. The molecule has 0 bridgehead atoms. The number of para-hydroxylation sites is 3. The Kier molecular flexibility index (Phi) is 6.57. The summed E-state index contributed by atoms with van der Waals surface area (Å²) in [6, 6.07) is 21.1. The van der Waals surface area contributed by atoms with Crippen molar-refractivity contribution in [1.82, 2.24) is 19.9 Å². The molecule has 1 unspecified atom stereocenters. The van der Waals surface area contributed by atoms with Crippen molar-refractivity contribution in [2.24, 2.45) is 0 Å². The van der Waals surface area contributed by atoms with Crippen LogP contribution in [0.5, 0.6) is 5.75 Å². The van der Waals surface area contributed by atoms with Gasteiger partial charge in [0.05, 0.1) is 23.7 Å². The molecule has 0 saturated heterocycles. The number of nitrogens with zero attached hydrogens (tertiary/aromatic N) is 3. The number of carbonyl (C=O) groups is 1. The van der Waals surface area contributed by atoms with Gasteiger partial charge in [-0.15, -0.1) is 0 Å². The maximum absolute atomic E-state index is 12.6. The molecule has 2 aromatic heterocycles. The van der Waals surface area contributed by atoms with Crippen LogP contribution in [0, 0.1) is 0 Å². The van der Waals surface area contributed by atoms with Gasteiger partial charge in [0.1, 0.15) is 11.6 Å². The first-order valence-electron chi connectivity index (χ1n) is 10.6. The number of rotatable bonds is 9. The predicted octanol–water partition coefficient (Wildman–Crippen LogP) is 4.78. The van der Waals surface area contributed by atoms with Crippen molar-refractivity contribution in [2.45, 2.75) is 32.4 Å². The SMILES string of the molecule is CC(NC(=O)c1ccncc1)c1nc2ccccc2n1CCCCOc1ccccc1. The lowest BCUT2D eigenvalue weighted by atomic mass is 10.2. The summed E-state index contributed by atoms with van der Waals surface area (Å²) in [5.74, 6) is 1.61. The number of hydrogen-bond acceptors (Lipinski definition) is 4. The Morgan fingerprint density at radius 1 is 1.00 bits per heavy atom. The Hall–Kier alpha value is -3.67. The lowest BCUT2D eigenvalue weighted by Gasteiger charge is -2.16. The summed E-state index contributed by atoms with van der Waals surface area (Å²) in [4.78, 5) is 21.4. The Labute approximate surface area is 181 Å². The van der Waals surface area contributed by atoms with Gasteiger partial charge in [-0.2, -0.15) is 0 Å². The topological polar surface area (TPSA) is 69.0 Å². The van der Waals surface area contributed by atoms with Crippen LogP contribution >= 0.6 is 0 Å². The molecular formula is C25H26N4O2. The third-order valence-electron chi connectivity index (χ3n) is 5.15. The number of benzene rings is 2. The largest absolute Gasteiger partial charge is 0.494 e. The molecule has 0 fully saturated rings. The zero-order chi connectivity index (χ0) is 21.5. The van der Waals surface area contributed by atoms with E-state index in [0.717, 1.165) is 42.0 Å². The lowest BCUT2D eigenvalue weighted by Crippen LogP contribution is -2.28. The van der Waals surface area contributed by atoms with Gasteiger partial charge < -0.3 is 14.6 Å². The number of nitrogens with one attached hydrogen (secondary N) is 1. The van der Waals surface area contributed by atoms with Crippen molar-refractivity contribution in [3.8, 4) is 5.75 Å². The molecule has 158 valence electrons. The van der Waals surface area contributed by atoms with Crippen molar-refractivity contribution < 1.29 is 9.53 Å². The van der Waals surface area contributed by atoms with Crippen molar-refractivity contribution in [3.63, 3.8) is 0 Å². The first-order valence-corrected chi connectivity index (χ1v) is 10.6. The predicted molar refractivity (Wildman–Crippen MR) is 121 cm³/mol. The van der Waals surface area contributed by atoms with Crippen LogP contribution in [0.3, 0.4) is 0 Å². The second kappa shape index (κ2) is 9.89. The second-order valence-corrected chi connectivity index (χ2v) is 7.41. The number of aromatic nitrogens is 3. The van der Waals surface area contributed by atoms with E-state index in [1.807, 2.05) is 55.5 Å². The normalized spacial score (nSPS) is 11.9. The standard InChI is InChI=1S/C25H26N4O2/c1-19(27-25(30)20-13-15-26-16-14-20)24-28-22-11-5-6-12-23(22)29(24)17-7-8-18-31-21-9-3-2-4-10-21/h2-6,9-16,19H,7-8,17-18H2,1H3,(H,27,30). The second-order valence-electron chi connectivity index (χ2n) is 7.41. The van der Waals surface area contributed by atoms with E-state index in [0.29, 0.717) is 12.2 Å². The van der Waals surface area contributed by atoms with Crippen LogP contribution in [0.2, 0.25) is 0 Å². The van der Waals surface area contributed by atoms with E-state index in [-0.39, 0.29) is 11.9 Å². The summed E-state index contributed by atoms with van der Waals surface area (Å²) < 4.78 is 8.01. The van der Waals surface area contributed by atoms with Gasteiger partial charge in [-0.1, -0.05) is 30.3 Å². The molecule has 1 amide bonds. The fourth-order valence-electron chi connectivity index (χ4n) is 3.59. The number of ether oxygens (including phenoxy) is 1. The smallest absolute Gasteiger partial charge is 0.251 e. The third kappa shape index (κ3) is 5.09. The minimum absolute atomic E-state index is 0.134. The Morgan fingerprint density at radius 2 is 1.74 bits per heavy atom. The molecule has 0 radical (unpaired) electrons. The lowest BCUT2D eigenvalue weighted by molar-refractivity contribution is 0.0937. The van der Waals surface area contributed by atoms with E-state index < -0.39 is 0 Å². The average Bonchev–Trinajstić information content (AvgIpc) is 3.19. The van der Waals surface area contributed by atoms with Crippen molar-refractivity contribution in [3.05, 3.63) is 90.5 Å². The molecule has 4 rings (SSSR count). The van der Waals surface area contributed by atoms with E-state index in [1.54, 1.807) is 24.5 Å². The monoisotopic (exact) mass is 414 g/mol. The minimum Gasteiger partial charge on any atom is -0.494 e. The van der Waals surface area contributed by atoms with Crippen molar-refractivity contribution >= 4 is 16.9 Å². The molecule has 2 heterocycles. The minimum atomic E-state index is -0.228. The van der Waals surface area contributed by atoms with Gasteiger partial charge in [-0.3, -0.25) is 9.78 Å². The number of unbranched alkanes of at least 4 members (excludes halogenated alkanes) is 1. The van der Waals surface area contributed by atoms with Crippen LogP contribution < -0.4 is 10.1 Å². The Balaban J connectivity index is 1.43. The number of amides is 1. The van der Waals surface area contributed by atoms with Gasteiger partial charge in [0.25, 0.3) is 5.91 Å². The first-order chi connectivity index (χ1) is 15.2. The Morgan fingerprint density at radius 3 is 2.55 bits per heavy atom. The number of hydrogen-bond donors (Lipinski definition) is 1. The quantitative estimate of drug-likeness (QED) is 0.400. The van der Waals surface area contributed by atoms with Gasteiger partial charge in [0, 0.05) is 24.5 Å². The van der Waals surface area contributed by atoms with Gasteiger partial charge in [-0.05, 0) is 56.2 Å². The van der Waals surface area contributed by atoms with Gasteiger partial charge in [0.2, 0.25) is 0 Å². The highest BCUT2D eigenvalue weighted by Gasteiger charge is 2.19. The molecule has 1 N–H and O–H groups in total. The number of carbonyl (C=O) groups excluding carboxylic acids is 1. The van der Waals surface area contributed by atoms with E-state index >= 15 is 0 Å². The molecule has 0 aliphatic carbocycles. The van der Waals surface area contributed by atoms with Crippen LogP contribution in [-0.2, 0) is 6.54 Å². The molecule has 6 heteroatoms. The molecule has 4 aromatic rings. The highest BCUT2D eigenvalue weighted by molar-refractivity contribution is 5.94. The molecule has 2 aromatic carbocycles. The van der Waals surface area contributed by atoms with E-state index in [1.165, 1.54) is 0 Å². The molecule has 31 heavy (non-hydrogen) atoms. The summed E-state index contributed by atoms with van der Waals surface area (Å²) in [5.41, 5.74) is 2.59. The number of fused-ring (bicyclic) bond motifs is 1. The molecule has 1 atom stereocenters. The fourth-order valence-corrected chi connectivity index (χ4v) is 3.59. The van der Waals surface area contributed by atoms with Gasteiger partial charge in [-0.25, -0.2) is 4.98 Å². The summed E-state index contributed by atoms with van der Waals surface area (Å²) in [6.45, 7) is 3.44. The molecule has 0 aliphatic rings. The number of imidazole rings is 1. The van der Waals surface area contributed by atoms with E-state index in [4.69, 9.17) is 9.72 Å². The third-order valence-corrected chi connectivity index (χ3v) is 5.15.